The van der Waals surface area contributed by atoms with E-state index in [0.29, 0.717) is 25.3 Å². The number of carbonyl (C=O) groups is 2. The molecular weight excluding hydrogens is 588 g/mol. The van der Waals surface area contributed by atoms with Crippen LogP contribution in [0.15, 0.2) is 35.7 Å². The van der Waals surface area contributed by atoms with Crippen LogP contribution in [0.1, 0.15) is 64.2 Å². The summed E-state index contributed by atoms with van der Waals surface area (Å²) in [5.41, 5.74) is 0.331. The molecule has 1 aromatic heterocycles. The Morgan fingerprint density at radius 2 is 1.95 bits per heavy atom. The number of likely N-dealkylation sites (N-methyl/N-ethyl adjacent to an activating group) is 1. The van der Waals surface area contributed by atoms with E-state index in [9.17, 15) is 23.1 Å². The van der Waals surface area contributed by atoms with E-state index in [2.05, 4.69) is 15.0 Å². The number of hydrogen-bond donors (Lipinski definition) is 3. The summed E-state index contributed by atoms with van der Waals surface area (Å²) in [4.78, 5) is 34.0. The number of anilines is 1. The van der Waals surface area contributed by atoms with Gasteiger partial charge in [0.2, 0.25) is 0 Å². The van der Waals surface area contributed by atoms with Crippen LogP contribution < -0.4 is 14.8 Å². The maximum atomic E-state index is 14.2. The minimum atomic E-state index is -4.01. The number of aliphatic hydroxyl groups excluding tert-OH is 1. The second-order valence-corrected chi connectivity index (χ2v) is 13.6. The molecule has 14 heteroatoms. The molecule has 246 valence electrons. The molecule has 3 rings (SSSR count). The van der Waals surface area contributed by atoms with E-state index in [4.69, 9.17) is 9.47 Å². The molecule has 0 unspecified atom stereocenters. The summed E-state index contributed by atoms with van der Waals surface area (Å²) in [5.74, 6) is -0.332. The molecule has 2 heterocycles. The number of urea groups is 1. The van der Waals surface area contributed by atoms with Crippen molar-refractivity contribution >= 4 is 27.6 Å². The third-order valence-corrected chi connectivity index (χ3v) is 8.74. The van der Waals surface area contributed by atoms with Gasteiger partial charge in [-0.2, -0.15) is 8.42 Å². The molecule has 0 saturated heterocycles. The Kier molecular flexibility index (Phi) is 12.4. The van der Waals surface area contributed by atoms with E-state index < -0.39 is 22.0 Å². The molecule has 13 nitrogen and oxygen atoms in total. The molecule has 1 aliphatic rings. The summed E-state index contributed by atoms with van der Waals surface area (Å²) in [6.07, 6.45) is 4.47. The van der Waals surface area contributed by atoms with Crippen LogP contribution in [-0.2, 0) is 21.8 Å². The standard InChI is InChI=1S/C30H48N6O7S/c1-20(2)32-30(39)35(7)16-27-21(3)15-36(22(4)18-37)29(38)25-14-24(33-44(40,41)28-17-34(6)19-31-28)11-12-26(25)43-23(5)10-8-9-13-42-27/h11-12,14,17,19-23,27,33,37H,8-10,13,15-16,18H2,1-7H3,(H,32,39)/t21-,22+,23+,27+/m0/s1. The molecule has 0 bridgehead atoms. The number of hydrogen-bond acceptors (Lipinski definition) is 8. The van der Waals surface area contributed by atoms with Gasteiger partial charge in [0.25, 0.3) is 15.9 Å². The fraction of sp³-hybridized carbons (Fsp3) is 0.633. The lowest BCUT2D eigenvalue weighted by atomic mass is 10.0. The predicted molar refractivity (Wildman–Crippen MR) is 167 cm³/mol. The highest BCUT2D eigenvalue weighted by Crippen LogP contribution is 2.29. The van der Waals surface area contributed by atoms with Gasteiger partial charge in [-0.3, -0.25) is 9.52 Å². The van der Waals surface area contributed by atoms with Gasteiger partial charge >= 0.3 is 6.03 Å². The van der Waals surface area contributed by atoms with Crippen molar-refractivity contribution in [1.29, 1.82) is 0 Å². The van der Waals surface area contributed by atoms with Gasteiger partial charge in [-0.15, -0.1) is 0 Å². The Morgan fingerprint density at radius 3 is 2.59 bits per heavy atom. The highest BCUT2D eigenvalue weighted by molar-refractivity contribution is 7.92. The minimum absolute atomic E-state index is 0.0200. The van der Waals surface area contributed by atoms with Crippen molar-refractivity contribution in [3.05, 3.63) is 36.3 Å². The van der Waals surface area contributed by atoms with Crippen molar-refractivity contribution in [3.8, 4) is 5.75 Å². The van der Waals surface area contributed by atoms with Crippen molar-refractivity contribution in [2.75, 3.05) is 38.1 Å². The lowest BCUT2D eigenvalue weighted by Gasteiger charge is -2.36. The minimum Gasteiger partial charge on any atom is -0.490 e. The van der Waals surface area contributed by atoms with Gasteiger partial charge in [0.15, 0.2) is 5.03 Å². The normalized spacial score (nSPS) is 21.2. The number of imidazole rings is 1. The Hall–Kier alpha value is -3.36. The van der Waals surface area contributed by atoms with Gasteiger partial charge in [0.05, 0.1) is 36.7 Å². The Bertz CT molecular complexity index is 1370. The summed E-state index contributed by atoms with van der Waals surface area (Å²) in [6.45, 7) is 10.1. The number of rotatable bonds is 8. The topological polar surface area (TPSA) is 155 Å². The highest BCUT2D eigenvalue weighted by Gasteiger charge is 2.31. The SMILES string of the molecule is CC(C)NC(=O)N(C)C[C@H]1OCCCC[C@@H](C)Oc2ccc(NS(=O)(=O)c3cn(C)cn3)cc2C(=O)N([C@H](C)CO)C[C@@H]1C. The number of fused-ring (bicyclic) bond motifs is 1. The van der Waals surface area contributed by atoms with E-state index >= 15 is 0 Å². The van der Waals surface area contributed by atoms with Crippen LogP contribution in [0.4, 0.5) is 10.5 Å². The Morgan fingerprint density at radius 1 is 1.23 bits per heavy atom. The smallest absolute Gasteiger partial charge is 0.317 e. The quantitative estimate of drug-likeness (QED) is 0.399. The van der Waals surface area contributed by atoms with Gasteiger partial charge < -0.3 is 34.3 Å². The van der Waals surface area contributed by atoms with Crippen molar-refractivity contribution in [1.82, 2.24) is 24.7 Å². The first-order valence-electron chi connectivity index (χ1n) is 15.1. The molecule has 0 saturated carbocycles. The molecule has 0 spiro atoms. The number of nitrogens with one attached hydrogen (secondary N) is 2. The van der Waals surface area contributed by atoms with Crippen molar-refractivity contribution in [2.45, 2.75) is 83.2 Å². The summed E-state index contributed by atoms with van der Waals surface area (Å²) in [5, 5.41) is 12.9. The van der Waals surface area contributed by atoms with Crippen LogP contribution in [0.3, 0.4) is 0 Å². The molecule has 44 heavy (non-hydrogen) atoms. The van der Waals surface area contributed by atoms with E-state index in [-0.39, 0.29) is 59.6 Å². The number of carbonyl (C=O) groups excluding carboxylic acids is 2. The highest BCUT2D eigenvalue weighted by atomic mass is 32.2. The van der Waals surface area contributed by atoms with E-state index in [1.165, 1.54) is 23.2 Å². The number of amides is 3. The van der Waals surface area contributed by atoms with E-state index in [0.717, 1.165) is 12.8 Å². The van der Waals surface area contributed by atoms with Crippen LogP contribution in [0.2, 0.25) is 0 Å². The number of aromatic nitrogens is 2. The second kappa shape index (κ2) is 15.6. The fourth-order valence-corrected chi connectivity index (χ4v) is 5.93. The third-order valence-electron chi connectivity index (χ3n) is 7.47. The molecule has 0 radical (unpaired) electrons. The first kappa shape index (κ1) is 35.1. The van der Waals surface area contributed by atoms with Crippen molar-refractivity contribution < 1.29 is 32.6 Å². The lowest BCUT2D eigenvalue weighted by molar-refractivity contribution is -0.0122. The molecule has 1 aromatic carbocycles. The van der Waals surface area contributed by atoms with Crippen LogP contribution in [0.25, 0.3) is 0 Å². The summed E-state index contributed by atoms with van der Waals surface area (Å²) in [6, 6.07) is 3.79. The number of aliphatic hydroxyl groups is 1. The molecule has 0 aliphatic carbocycles. The fourth-order valence-electron chi connectivity index (χ4n) is 4.89. The van der Waals surface area contributed by atoms with Crippen LogP contribution in [0, 0.1) is 5.92 Å². The average molecular weight is 637 g/mol. The zero-order valence-corrected chi connectivity index (χ0v) is 27.6. The average Bonchev–Trinajstić information content (AvgIpc) is 3.41. The zero-order valence-electron chi connectivity index (χ0n) is 26.8. The molecule has 1 aliphatic heterocycles. The molecule has 3 amide bonds. The molecule has 0 fully saturated rings. The van der Waals surface area contributed by atoms with Gasteiger partial charge in [0, 0.05) is 57.6 Å². The van der Waals surface area contributed by atoms with Gasteiger partial charge in [-0.1, -0.05) is 6.92 Å². The summed E-state index contributed by atoms with van der Waals surface area (Å²) in [7, 11) is -0.637. The maximum absolute atomic E-state index is 14.2. The maximum Gasteiger partial charge on any atom is 0.317 e. The molecule has 2 aromatic rings. The van der Waals surface area contributed by atoms with Crippen LogP contribution in [0.5, 0.6) is 5.75 Å². The number of ether oxygens (including phenoxy) is 2. The third kappa shape index (κ3) is 9.57. The van der Waals surface area contributed by atoms with Crippen molar-refractivity contribution in [2.24, 2.45) is 13.0 Å². The molecular formula is C30H48N6O7S. The summed E-state index contributed by atoms with van der Waals surface area (Å²) >= 11 is 0. The van der Waals surface area contributed by atoms with Crippen LogP contribution in [-0.4, -0.2) is 102 Å². The first-order valence-corrected chi connectivity index (χ1v) is 16.6. The van der Waals surface area contributed by atoms with E-state index in [1.807, 2.05) is 27.7 Å². The number of sulfonamides is 1. The van der Waals surface area contributed by atoms with E-state index in [1.54, 1.807) is 43.0 Å². The number of aryl methyl sites for hydroxylation is 1. The lowest BCUT2D eigenvalue weighted by Crippen LogP contribution is -2.49. The summed E-state index contributed by atoms with van der Waals surface area (Å²) < 4.78 is 42.5. The number of nitrogens with zero attached hydrogens (tertiary/aromatic N) is 4. The Balaban J connectivity index is 1.98. The van der Waals surface area contributed by atoms with Crippen molar-refractivity contribution in [3.63, 3.8) is 0 Å². The number of benzene rings is 1. The van der Waals surface area contributed by atoms with Gasteiger partial charge in [0.1, 0.15) is 5.75 Å². The van der Waals surface area contributed by atoms with Crippen LogP contribution >= 0.6 is 0 Å². The zero-order chi connectivity index (χ0) is 32.6. The monoisotopic (exact) mass is 636 g/mol. The Labute approximate surface area is 261 Å². The molecule has 4 atom stereocenters. The van der Waals surface area contributed by atoms with Gasteiger partial charge in [-0.05, 0) is 65.2 Å². The molecule has 3 N–H and O–H groups in total. The first-order chi connectivity index (χ1) is 20.7. The predicted octanol–water partition coefficient (Wildman–Crippen LogP) is 3.07. The van der Waals surface area contributed by atoms with Gasteiger partial charge in [-0.25, -0.2) is 9.78 Å². The largest absolute Gasteiger partial charge is 0.490 e. The second-order valence-electron chi connectivity index (χ2n) is 12.0.